The van der Waals surface area contributed by atoms with Gasteiger partial charge < -0.3 is 9.88 Å². The van der Waals surface area contributed by atoms with E-state index in [2.05, 4.69) is 104 Å². The maximum Gasteiger partial charge on any atom is 0.252 e. The van der Waals surface area contributed by atoms with Gasteiger partial charge in [-0.05, 0) is 71.3 Å². The molecule has 0 radical (unpaired) electrons. The molecule has 3 nitrogen and oxygen atoms in total. The summed E-state index contributed by atoms with van der Waals surface area (Å²) in [6.45, 7) is 9.32. The molecular weight excluding hydrogens is 476 g/mol. The van der Waals surface area contributed by atoms with Gasteiger partial charge in [-0.3, -0.25) is 4.79 Å². The van der Waals surface area contributed by atoms with Crippen molar-refractivity contribution in [2.45, 2.75) is 46.2 Å². The Morgan fingerprint density at radius 1 is 0.846 bits per heavy atom. The Hall–Kier alpha value is -4.55. The highest BCUT2D eigenvalue weighted by atomic mass is 16.1. The number of hydrogen-bond donors (Lipinski definition) is 1. The first-order chi connectivity index (χ1) is 18.9. The van der Waals surface area contributed by atoms with E-state index in [1.165, 1.54) is 33.5 Å². The first-order valence-corrected chi connectivity index (χ1v) is 13.5. The van der Waals surface area contributed by atoms with Crippen LogP contribution in [0.3, 0.4) is 0 Å². The van der Waals surface area contributed by atoms with Gasteiger partial charge in [0, 0.05) is 28.7 Å². The van der Waals surface area contributed by atoms with Crippen LogP contribution in [-0.2, 0) is 6.54 Å². The van der Waals surface area contributed by atoms with Crippen molar-refractivity contribution < 1.29 is 4.79 Å². The largest absolute Gasteiger partial charge is 0.340 e. The number of carbonyl (C=O) groups excluding carboxylic acids is 1. The molecule has 0 aliphatic rings. The summed E-state index contributed by atoms with van der Waals surface area (Å²) < 4.78 is 2.32. The van der Waals surface area contributed by atoms with Crippen LogP contribution < -0.4 is 5.32 Å². The molecule has 0 unspecified atom stereocenters. The van der Waals surface area contributed by atoms with Crippen LogP contribution in [0.1, 0.15) is 64.1 Å². The smallest absolute Gasteiger partial charge is 0.252 e. The molecule has 1 N–H and O–H groups in total. The van der Waals surface area contributed by atoms with Crippen molar-refractivity contribution in [2.75, 3.05) is 0 Å². The molecule has 194 valence electrons. The molecule has 1 aromatic heterocycles. The second-order valence-electron chi connectivity index (χ2n) is 10.5. The van der Waals surface area contributed by atoms with E-state index in [-0.39, 0.29) is 5.91 Å². The van der Waals surface area contributed by atoms with Crippen LogP contribution in [0.25, 0.3) is 22.0 Å². The van der Waals surface area contributed by atoms with Crippen molar-refractivity contribution in [2.24, 2.45) is 0 Å². The summed E-state index contributed by atoms with van der Waals surface area (Å²) in [4.78, 5) is 13.3. The van der Waals surface area contributed by atoms with Crippen molar-refractivity contribution in [3.63, 3.8) is 0 Å². The first kappa shape index (κ1) is 26.1. The predicted molar refractivity (Wildman–Crippen MR) is 162 cm³/mol. The van der Waals surface area contributed by atoms with Crippen LogP contribution in [0.2, 0.25) is 0 Å². The maximum atomic E-state index is 13.3. The highest BCUT2D eigenvalue weighted by Gasteiger charge is 2.18. The highest BCUT2D eigenvalue weighted by Crippen LogP contribution is 2.28. The van der Waals surface area contributed by atoms with E-state index >= 15 is 0 Å². The normalized spacial score (nSPS) is 11.9. The highest BCUT2D eigenvalue weighted by molar-refractivity contribution is 5.99. The van der Waals surface area contributed by atoms with E-state index in [9.17, 15) is 4.79 Å². The Balaban J connectivity index is 1.38. The fourth-order valence-electron chi connectivity index (χ4n) is 5.14. The molecule has 0 fully saturated rings. The number of nitrogens with one attached hydrogen (secondary N) is 1. The third kappa shape index (κ3) is 5.38. The van der Waals surface area contributed by atoms with Crippen LogP contribution >= 0.6 is 0 Å². The Kier molecular flexibility index (Phi) is 7.39. The Morgan fingerprint density at radius 3 is 2.23 bits per heavy atom. The van der Waals surface area contributed by atoms with Gasteiger partial charge in [-0.1, -0.05) is 98.6 Å². The van der Waals surface area contributed by atoms with E-state index in [1.807, 2.05) is 36.4 Å². The number of benzene rings is 4. The lowest BCUT2D eigenvalue weighted by Gasteiger charge is -2.16. The van der Waals surface area contributed by atoms with Gasteiger partial charge in [0.2, 0.25) is 0 Å². The first-order valence-electron chi connectivity index (χ1n) is 13.5. The van der Waals surface area contributed by atoms with Crippen molar-refractivity contribution in [3.05, 3.63) is 131 Å². The molecule has 1 heterocycles. The molecule has 5 aromatic rings. The summed E-state index contributed by atoms with van der Waals surface area (Å²) in [5, 5.41) is 4.13. The molecule has 0 saturated heterocycles. The minimum atomic E-state index is -0.488. The molecular formula is C36H34N2O. The summed E-state index contributed by atoms with van der Waals surface area (Å²) in [6, 6.07) is 32.7. The summed E-state index contributed by atoms with van der Waals surface area (Å²) in [5.74, 6) is 2.97. The average molecular weight is 511 g/mol. The predicted octanol–water partition coefficient (Wildman–Crippen LogP) is 8.20. The monoisotopic (exact) mass is 510 g/mol. The molecule has 39 heavy (non-hydrogen) atoms. The van der Waals surface area contributed by atoms with Crippen molar-refractivity contribution in [1.29, 1.82) is 0 Å². The summed E-state index contributed by atoms with van der Waals surface area (Å²) >= 11 is 0. The van der Waals surface area contributed by atoms with Gasteiger partial charge in [0.1, 0.15) is 6.04 Å². The van der Waals surface area contributed by atoms with Gasteiger partial charge in [-0.25, -0.2) is 0 Å². The molecule has 0 aliphatic carbocycles. The fourth-order valence-corrected chi connectivity index (χ4v) is 5.14. The van der Waals surface area contributed by atoms with E-state index in [1.54, 1.807) is 0 Å². The summed E-state index contributed by atoms with van der Waals surface area (Å²) in [7, 11) is 0. The number of aryl methyl sites for hydroxylation is 1. The minimum Gasteiger partial charge on any atom is -0.340 e. The SMILES string of the molecule is C#C[C@@H](NC(=O)c1ccc2c(c1)c(C)c(C)n2Cc1ccc(-c2ccccc2)cc1)c1cccc(C(C)C)c1. The second-order valence-corrected chi connectivity index (χ2v) is 10.5. The van der Waals surface area contributed by atoms with Gasteiger partial charge in [-0.2, -0.15) is 0 Å². The second kappa shape index (κ2) is 11.1. The lowest BCUT2D eigenvalue weighted by Crippen LogP contribution is -2.27. The van der Waals surface area contributed by atoms with E-state index in [4.69, 9.17) is 6.42 Å². The summed E-state index contributed by atoms with van der Waals surface area (Å²) in [6.07, 6.45) is 5.84. The van der Waals surface area contributed by atoms with Gasteiger partial charge in [0.05, 0.1) is 0 Å². The Morgan fingerprint density at radius 2 is 1.54 bits per heavy atom. The molecule has 0 bridgehead atoms. The van der Waals surface area contributed by atoms with Gasteiger partial charge >= 0.3 is 0 Å². The standard InChI is InChI=1S/C36H34N2O/c1-6-34(31-14-10-13-30(21-31)24(2)3)37-36(39)32-19-20-35-33(22-32)25(4)26(5)38(35)23-27-15-17-29(18-16-27)28-11-8-7-9-12-28/h1,7-22,24,34H,23H2,2-5H3,(H,37,39)/t34-/m1/s1. The van der Waals surface area contributed by atoms with E-state index in [0.717, 1.165) is 23.0 Å². The quantitative estimate of drug-likeness (QED) is 0.220. The van der Waals surface area contributed by atoms with E-state index in [0.29, 0.717) is 11.5 Å². The third-order valence-electron chi connectivity index (χ3n) is 7.66. The third-order valence-corrected chi connectivity index (χ3v) is 7.66. The number of hydrogen-bond acceptors (Lipinski definition) is 1. The number of aromatic nitrogens is 1. The molecule has 4 aromatic carbocycles. The molecule has 0 aliphatic heterocycles. The van der Waals surface area contributed by atoms with Crippen molar-refractivity contribution in [3.8, 4) is 23.5 Å². The topological polar surface area (TPSA) is 34.0 Å². The molecule has 5 rings (SSSR count). The van der Waals surface area contributed by atoms with Crippen LogP contribution in [0.4, 0.5) is 0 Å². The molecule has 0 spiro atoms. The van der Waals surface area contributed by atoms with Gasteiger partial charge in [0.25, 0.3) is 5.91 Å². The lowest BCUT2D eigenvalue weighted by atomic mass is 9.97. The number of terminal acetylenes is 1. The van der Waals surface area contributed by atoms with Gasteiger partial charge in [-0.15, -0.1) is 6.42 Å². The Labute approximate surface area is 231 Å². The van der Waals surface area contributed by atoms with Crippen LogP contribution in [-0.4, -0.2) is 10.5 Å². The van der Waals surface area contributed by atoms with Crippen molar-refractivity contribution >= 4 is 16.8 Å². The van der Waals surface area contributed by atoms with Crippen LogP contribution in [0, 0.1) is 26.2 Å². The van der Waals surface area contributed by atoms with Crippen LogP contribution in [0.5, 0.6) is 0 Å². The van der Waals surface area contributed by atoms with Crippen molar-refractivity contribution in [1.82, 2.24) is 9.88 Å². The minimum absolute atomic E-state index is 0.170. The number of rotatable bonds is 7. The number of amides is 1. The fraction of sp³-hybridized carbons (Fsp3) is 0.194. The summed E-state index contributed by atoms with van der Waals surface area (Å²) in [5.41, 5.74) is 9.88. The molecule has 3 heteroatoms. The lowest BCUT2D eigenvalue weighted by molar-refractivity contribution is 0.0945. The molecule has 0 saturated carbocycles. The molecule has 1 amide bonds. The Bertz CT molecular complexity index is 1670. The zero-order valence-corrected chi connectivity index (χ0v) is 23.0. The zero-order chi connectivity index (χ0) is 27.5. The zero-order valence-electron chi connectivity index (χ0n) is 23.0. The van der Waals surface area contributed by atoms with Gasteiger partial charge in [0.15, 0.2) is 0 Å². The average Bonchev–Trinajstić information content (AvgIpc) is 3.20. The number of nitrogens with zero attached hydrogens (tertiary/aromatic N) is 1. The van der Waals surface area contributed by atoms with Crippen LogP contribution in [0.15, 0.2) is 97.1 Å². The van der Waals surface area contributed by atoms with E-state index < -0.39 is 6.04 Å². The number of carbonyl (C=O) groups is 1. The molecule has 1 atom stereocenters. The maximum absolute atomic E-state index is 13.3. The number of fused-ring (bicyclic) bond motifs is 1.